The van der Waals surface area contributed by atoms with Crippen LogP contribution in [0.5, 0.6) is 0 Å². The van der Waals surface area contributed by atoms with Crippen molar-refractivity contribution in [2.45, 2.75) is 59.1 Å². The molecule has 0 aromatic heterocycles. The van der Waals surface area contributed by atoms with Crippen LogP contribution in [-0.4, -0.2) is 24.3 Å². The molecule has 1 atom stereocenters. The van der Waals surface area contributed by atoms with E-state index in [0.717, 1.165) is 12.8 Å². The molecule has 0 saturated heterocycles. The molecule has 0 heterocycles. The van der Waals surface area contributed by atoms with Crippen molar-refractivity contribution in [1.82, 2.24) is 5.32 Å². The number of carbonyl (C=O) groups is 1. The summed E-state index contributed by atoms with van der Waals surface area (Å²) >= 11 is 0. The van der Waals surface area contributed by atoms with E-state index in [4.69, 9.17) is 10.5 Å². The third kappa shape index (κ3) is 5.95. The van der Waals surface area contributed by atoms with Crippen LogP contribution in [0.15, 0.2) is 0 Å². The highest BCUT2D eigenvalue weighted by Gasteiger charge is 2.22. The molecule has 4 heteroatoms. The first kappa shape index (κ1) is 15.2. The van der Waals surface area contributed by atoms with Crippen LogP contribution >= 0.6 is 0 Å². The minimum absolute atomic E-state index is 0.00449. The summed E-state index contributed by atoms with van der Waals surface area (Å²) in [5.41, 5.74) is 5.21. The molecular formula is C12H26N2O2. The summed E-state index contributed by atoms with van der Waals surface area (Å²) < 4.78 is 5.20. The average Bonchev–Trinajstić information content (AvgIpc) is 2.15. The lowest BCUT2D eigenvalue weighted by Gasteiger charge is -2.27. The Morgan fingerprint density at radius 3 is 2.12 bits per heavy atom. The van der Waals surface area contributed by atoms with Crippen molar-refractivity contribution in [3.05, 3.63) is 0 Å². The molecule has 0 saturated carbocycles. The smallest absolute Gasteiger partial charge is 0.407 e. The predicted molar refractivity (Wildman–Crippen MR) is 66.3 cm³/mol. The lowest BCUT2D eigenvalue weighted by atomic mass is 9.94. The van der Waals surface area contributed by atoms with Crippen molar-refractivity contribution in [3.63, 3.8) is 0 Å². The molecule has 0 aromatic carbocycles. The zero-order valence-corrected chi connectivity index (χ0v) is 11.2. The molecule has 0 aromatic rings. The van der Waals surface area contributed by atoms with Gasteiger partial charge in [0.05, 0.1) is 0 Å². The first-order valence-corrected chi connectivity index (χ1v) is 6.03. The molecule has 1 amide bonds. The van der Waals surface area contributed by atoms with E-state index in [9.17, 15) is 4.79 Å². The number of nitrogens with two attached hydrogens (primary N) is 1. The maximum atomic E-state index is 11.6. The van der Waals surface area contributed by atoms with Gasteiger partial charge in [-0.25, -0.2) is 4.79 Å². The second-order valence-corrected chi connectivity index (χ2v) is 5.07. The Bertz CT molecular complexity index is 208. The van der Waals surface area contributed by atoms with Gasteiger partial charge in [0.2, 0.25) is 0 Å². The number of nitrogens with one attached hydrogen (secondary N) is 1. The maximum absolute atomic E-state index is 11.6. The topological polar surface area (TPSA) is 64.3 Å². The number of alkyl carbamates (subject to hydrolysis) is 1. The molecule has 4 nitrogen and oxygen atoms in total. The molecule has 0 aliphatic heterocycles. The summed E-state index contributed by atoms with van der Waals surface area (Å²) in [6.45, 7) is 10.2. The predicted octanol–water partition coefficient (Wildman–Crippen LogP) is 2.27. The molecule has 0 radical (unpaired) electrons. The third-order valence-corrected chi connectivity index (χ3v) is 2.57. The summed E-state index contributed by atoms with van der Waals surface area (Å²) in [4.78, 5) is 11.6. The van der Waals surface area contributed by atoms with E-state index in [-0.39, 0.29) is 12.1 Å². The van der Waals surface area contributed by atoms with Crippen molar-refractivity contribution >= 4 is 6.09 Å². The van der Waals surface area contributed by atoms with Crippen LogP contribution in [0.4, 0.5) is 4.79 Å². The summed E-state index contributed by atoms with van der Waals surface area (Å²) in [6.07, 6.45) is 1.64. The molecule has 3 N–H and O–H groups in total. The van der Waals surface area contributed by atoms with Gasteiger partial charge >= 0.3 is 6.09 Å². The van der Waals surface area contributed by atoms with E-state index in [1.165, 1.54) is 0 Å². The zero-order valence-electron chi connectivity index (χ0n) is 11.2. The van der Waals surface area contributed by atoms with Crippen LogP contribution in [0, 0.1) is 5.92 Å². The van der Waals surface area contributed by atoms with E-state index in [2.05, 4.69) is 19.2 Å². The largest absolute Gasteiger partial charge is 0.444 e. The van der Waals surface area contributed by atoms with Gasteiger partial charge in [-0.1, -0.05) is 26.7 Å². The molecule has 16 heavy (non-hydrogen) atoms. The minimum Gasteiger partial charge on any atom is -0.444 e. The first-order chi connectivity index (χ1) is 7.34. The van der Waals surface area contributed by atoms with E-state index in [0.29, 0.717) is 12.5 Å². The Labute approximate surface area is 98.9 Å². The highest BCUT2D eigenvalue weighted by Crippen LogP contribution is 2.13. The number of ether oxygens (including phenoxy) is 1. The monoisotopic (exact) mass is 230 g/mol. The molecule has 1 unspecified atom stereocenters. The zero-order chi connectivity index (χ0) is 12.8. The highest BCUT2D eigenvalue weighted by molar-refractivity contribution is 5.68. The molecule has 0 aliphatic rings. The summed E-state index contributed by atoms with van der Waals surface area (Å²) in [6, 6.07) is 0.00449. The standard InChI is InChI=1S/C12H26N2O2/c1-6-9(7-2)10(8-13)14-11(15)16-12(3,4)5/h9-10H,6-8,13H2,1-5H3,(H,14,15). The minimum atomic E-state index is -0.461. The fourth-order valence-corrected chi connectivity index (χ4v) is 1.69. The van der Waals surface area contributed by atoms with Crippen LogP contribution in [0.3, 0.4) is 0 Å². The fourth-order valence-electron chi connectivity index (χ4n) is 1.69. The Balaban J connectivity index is 4.26. The van der Waals surface area contributed by atoms with Gasteiger partial charge in [-0.3, -0.25) is 0 Å². The average molecular weight is 230 g/mol. The Kier molecular flexibility index (Phi) is 6.41. The third-order valence-electron chi connectivity index (χ3n) is 2.57. The van der Waals surface area contributed by atoms with Crippen LogP contribution in [0.1, 0.15) is 47.5 Å². The van der Waals surface area contributed by atoms with Gasteiger partial charge in [0.25, 0.3) is 0 Å². The van der Waals surface area contributed by atoms with Gasteiger partial charge in [0.1, 0.15) is 5.60 Å². The van der Waals surface area contributed by atoms with Crippen molar-refractivity contribution in [2.24, 2.45) is 11.7 Å². The lowest BCUT2D eigenvalue weighted by Crippen LogP contribution is -2.46. The molecule has 0 spiro atoms. The molecule has 0 aliphatic carbocycles. The maximum Gasteiger partial charge on any atom is 0.407 e. The molecular weight excluding hydrogens is 204 g/mol. The number of hydrogen-bond donors (Lipinski definition) is 2. The summed E-state index contributed by atoms with van der Waals surface area (Å²) in [5.74, 6) is 0.414. The quantitative estimate of drug-likeness (QED) is 0.761. The second kappa shape index (κ2) is 6.74. The Morgan fingerprint density at radius 1 is 1.31 bits per heavy atom. The number of rotatable bonds is 5. The first-order valence-electron chi connectivity index (χ1n) is 6.03. The van der Waals surface area contributed by atoms with E-state index in [1.54, 1.807) is 0 Å². The fraction of sp³-hybridized carbons (Fsp3) is 0.917. The van der Waals surface area contributed by atoms with E-state index in [1.807, 2.05) is 20.8 Å². The lowest BCUT2D eigenvalue weighted by molar-refractivity contribution is 0.0486. The Morgan fingerprint density at radius 2 is 1.81 bits per heavy atom. The van der Waals surface area contributed by atoms with Crippen molar-refractivity contribution in [1.29, 1.82) is 0 Å². The number of amides is 1. The highest BCUT2D eigenvalue weighted by atomic mass is 16.6. The van der Waals surface area contributed by atoms with Crippen LogP contribution in [0.25, 0.3) is 0 Å². The van der Waals surface area contributed by atoms with Gasteiger partial charge in [-0.05, 0) is 26.7 Å². The molecule has 0 rings (SSSR count). The molecule has 96 valence electrons. The van der Waals surface area contributed by atoms with Crippen LogP contribution in [-0.2, 0) is 4.74 Å². The van der Waals surface area contributed by atoms with Crippen LogP contribution in [0.2, 0.25) is 0 Å². The van der Waals surface area contributed by atoms with E-state index < -0.39 is 5.60 Å². The SMILES string of the molecule is CCC(CC)C(CN)NC(=O)OC(C)(C)C. The molecule has 0 fully saturated rings. The number of hydrogen-bond acceptors (Lipinski definition) is 3. The van der Waals surface area contributed by atoms with Crippen molar-refractivity contribution in [2.75, 3.05) is 6.54 Å². The van der Waals surface area contributed by atoms with Gasteiger partial charge in [0.15, 0.2) is 0 Å². The van der Waals surface area contributed by atoms with Crippen molar-refractivity contribution < 1.29 is 9.53 Å². The van der Waals surface area contributed by atoms with Crippen molar-refractivity contribution in [3.8, 4) is 0 Å². The molecule has 0 bridgehead atoms. The Hall–Kier alpha value is -0.770. The normalized spacial score (nSPS) is 13.7. The summed E-state index contributed by atoms with van der Waals surface area (Å²) in [5, 5.41) is 2.84. The van der Waals surface area contributed by atoms with Gasteiger partial charge in [0, 0.05) is 12.6 Å². The van der Waals surface area contributed by atoms with Crippen LogP contribution < -0.4 is 11.1 Å². The van der Waals surface area contributed by atoms with Gasteiger partial charge in [-0.2, -0.15) is 0 Å². The summed E-state index contributed by atoms with van der Waals surface area (Å²) in [7, 11) is 0. The second-order valence-electron chi connectivity index (χ2n) is 5.07. The number of carbonyl (C=O) groups excluding carboxylic acids is 1. The van der Waals surface area contributed by atoms with Gasteiger partial charge in [-0.15, -0.1) is 0 Å². The van der Waals surface area contributed by atoms with E-state index >= 15 is 0 Å². The van der Waals surface area contributed by atoms with Gasteiger partial charge < -0.3 is 15.8 Å².